The van der Waals surface area contributed by atoms with Gasteiger partial charge in [0, 0.05) is 0 Å². The van der Waals surface area contributed by atoms with Gasteiger partial charge in [-0.05, 0) is 17.6 Å². The predicted octanol–water partition coefficient (Wildman–Crippen LogP) is 1.90. The van der Waals surface area contributed by atoms with Gasteiger partial charge in [0.15, 0.2) is 0 Å². The van der Waals surface area contributed by atoms with E-state index in [9.17, 15) is 4.79 Å². The number of terminal acetylenes is 1. The average Bonchev–Trinajstić information content (AvgIpc) is 2.16. The van der Waals surface area contributed by atoms with Gasteiger partial charge in [0.05, 0.1) is 0 Å². The molecule has 0 aromatic heterocycles. The van der Waals surface area contributed by atoms with Crippen LogP contribution in [0.1, 0.15) is 5.56 Å². The molecule has 0 bridgehead atoms. The Morgan fingerprint density at radius 1 is 1.33 bits per heavy atom. The van der Waals surface area contributed by atoms with Crippen molar-refractivity contribution in [3.63, 3.8) is 0 Å². The van der Waals surface area contributed by atoms with Crippen LogP contribution in [0, 0.1) is 12.3 Å². The Labute approximate surface area is 71.7 Å². The van der Waals surface area contributed by atoms with E-state index < -0.39 is 0 Å². The van der Waals surface area contributed by atoms with E-state index in [4.69, 9.17) is 6.42 Å². The lowest BCUT2D eigenvalue weighted by Gasteiger charge is -1.88. The fraction of sp³-hybridized carbons (Fsp3) is 0. The molecule has 0 amide bonds. The maximum absolute atomic E-state index is 10.7. The van der Waals surface area contributed by atoms with E-state index in [1.54, 1.807) is 6.08 Å². The van der Waals surface area contributed by atoms with Crippen LogP contribution in [0.5, 0.6) is 0 Å². The largest absolute Gasteiger partial charge is 0.280 e. The molecule has 1 nitrogen and oxygen atoms in total. The minimum atomic E-state index is -0.307. The van der Waals surface area contributed by atoms with Gasteiger partial charge in [0.1, 0.15) is 0 Å². The monoisotopic (exact) mass is 156 g/mol. The van der Waals surface area contributed by atoms with Crippen LogP contribution in [0.25, 0.3) is 6.08 Å². The number of ketones is 1. The zero-order chi connectivity index (χ0) is 8.81. The molecule has 0 aliphatic rings. The molecule has 0 atom stereocenters. The molecule has 1 aromatic carbocycles. The van der Waals surface area contributed by atoms with Gasteiger partial charge in [-0.15, -0.1) is 6.42 Å². The van der Waals surface area contributed by atoms with E-state index in [1.807, 2.05) is 36.3 Å². The number of hydrogen-bond acceptors (Lipinski definition) is 1. The van der Waals surface area contributed by atoms with Crippen LogP contribution >= 0.6 is 0 Å². The molecule has 0 unspecified atom stereocenters. The van der Waals surface area contributed by atoms with Crippen molar-refractivity contribution in [2.75, 3.05) is 0 Å². The van der Waals surface area contributed by atoms with Crippen molar-refractivity contribution in [3.05, 3.63) is 42.0 Å². The predicted molar refractivity (Wildman–Crippen MR) is 49.3 cm³/mol. The summed E-state index contributed by atoms with van der Waals surface area (Å²) in [6, 6.07) is 9.53. The summed E-state index contributed by atoms with van der Waals surface area (Å²) in [4.78, 5) is 10.7. The first-order chi connectivity index (χ1) is 5.83. The van der Waals surface area contributed by atoms with E-state index in [2.05, 4.69) is 0 Å². The molecular formula is C11H8O. The van der Waals surface area contributed by atoms with Gasteiger partial charge in [0.25, 0.3) is 0 Å². The second kappa shape index (κ2) is 4.15. The molecule has 0 heterocycles. The minimum absolute atomic E-state index is 0.307. The third kappa shape index (κ3) is 2.43. The Morgan fingerprint density at radius 2 is 2.00 bits per heavy atom. The molecule has 1 heteroatoms. The maximum atomic E-state index is 10.7. The third-order valence-electron chi connectivity index (χ3n) is 1.37. The lowest BCUT2D eigenvalue weighted by molar-refractivity contribution is -0.109. The number of rotatable bonds is 2. The molecule has 1 aromatic rings. The molecule has 0 saturated heterocycles. The van der Waals surface area contributed by atoms with E-state index in [-0.39, 0.29) is 5.78 Å². The lowest BCUT2D eigenvalue weighted by Crippen LogP contribution is -1.83. The first-order valence-corrected chi connectivity index (χ1v) is 3.56. The van der Waals surface area contributed by atoms with Crippen LogP contribution in [0.15, 0.2) is 36.4 Å². The topological polar surface area (TPSA) is 17.1 Å². The SMILES string of the molecule is C#CC(=O)C=Cc1ccccc1. The highest BCUT2D eigenvalue weighted by Gasteiger charge is 1.86. The van der Waals surface area contributed by atoms with Crippen LogP contribution < -0.4 is 0 Å². The molecule has 0 saturated carbocycles. The summed E-state index contributed by atoms with van der Waals surface area (Å²) in [6.07, 6.45) is 7.97. The first-order valence-electron chi connectivity index (χ1n) is 3.56. The summed E-state index contributed by atoms with van der Waals surface area (Å²) in [5.41, 5.74) is 0.973. The summed E-state index contributed by atoms with van der Waals surface area (Å²) >= 11 is 0. The maximum Gasteiger partial charge on any atom is 0.228 e. The van der Waals surface area contributed by atoms with Gasteiger partial charge < -0.3 is 0 Å². The molecule has 12 heavy (non-hydrogen) atoms. The molecule has 0 N–H and O–H groups in total. The van der Waals surface area contributed by atoms with Gasteiger partial charge in [-0.3, -0.25) is 4.79 Å². The number of hydrogen-bond donors (Lipinski definition) is 0. The summed E-state index contributed by atoms with van der Waals surface area (Å²) in [5.74, 6) is 1.70. The van der Waals surface area contributed by atoms with Crippen LogP contribution in [0.4, 0.5) is 0 Å². The summed E-state index contributed by atoms with van der Waals surface area (Å²) < 4.78 is 0. The third-order valence-corrected chi connectivity index (χ3v) is 1.37. The average molecular weight is 156 g/mol. The van der Waals surface area contributed by atoms with Crippen LogP contribution in [-0.2, 0) is 4.79 Å². The van der Waals surface area contributed by atoms with E-state index in [0.717, 1.165) is 5.56 Å². The quantitative estimate of drug-likeness (QED) is 0.363. The lowest BCUT2D eigenvalue weighted by atomic mass is 10.2. The number of allylic oxidation sites excluding steroid dienone is 1. The smallest absolute Gasteiger partial charge is 0.228 e. The second-order valence-corrected chi connectivity index (χ2v) is 2.25. The fourth-order valence-electron chi connectivity index (χ4n) is 0.784. The first kappa shape index (κ1) is 8.29. The highest BCUT2D eigenvalue weighted by atomic mass is 16.1. The molecule has 1 rings (SSSR count). The van der Waals surface area contributed by atoms with Crippen molar-refractivity contribution in [1.29, 1.82) is 0 Å². The number of carbonyl (C=O) groups excluding carboxylic acids is 1. The van der Waals surface area contributed by atoms with Crippen molar-refractivity contribution in [2.24, 2.45) is 0 Å². The normalized spacial score (nSPS) is 9.58. The Kier molecular flexibility index (Phi) is 2.87. The highest BCUT2D eigenvalue weighted by Crippen LogP contribution is 2.00. The molecule has 0 radical (unpaired) electrons. The van der Waals surface area contributed by atoms with Crippen LogP contribution in [-0.4, -0.2) is 5.78 Å². The number of carbonyl (C=O) groups is 1. The Bertz CT molecular complexity index is 328. The Hall–Kier alpha value is -1.81. The standard InChI is InChI=1S/C11H8O/c1-2-11(12)9-8-10-6-4-3-5-7-10/h1,3-9H. The van der Waals surface area contributed by atoms with Crippen molar-refractivity contribution < 1.29 is 4.79 Å². The molecular weight excluding hydrogens is 148 g/mol. The van der Waals surface area contributed by atoms with Crippen LogP contribution in [0.3, 0.4) is 0 Å². The van der Waals surface area contributed by atoms with Crippen molar-refractivity contribution in [1.82, 2.24) is 0 Å². The van der Waals surface area contributed by atoms with Gasteiger partial charge in [-0.25, -0.2) is 0 Å². The fourth-order valence-corrected chi connectivity index (χ4v) is 0.784. The van der Waals surface area contributed by atoms with E-state index >= 15 is 0 Å². The van der Waals surface area contributed by atoms with Crippen LogP contribution in [0.2, 0.25) is 0 Å². The number of benzene rings is 1. The second-order valence-electron chi connectivity index (χ2n) is 2.25. The van der Waals surface area contributed by atoms with Gasteiger partial charge >= 0.3 is 0 Å². The van der Waals surface area contributed by atoms with Gasteiger partial charge in [0.2, 0.25) is 5.78 Å². The molecule has 0 aliphatic heterocycles. The van der Waals surface area contributed by atoms with Crippen molar-refractivity contribution in [3.8, 4) is 12.3 Å². The summed E-state index contributed by atoms with van der Waals surface area (Å²) in [5, 5.41) is 0. The summed E-state index contributed by atoms with van der Waals surface area (Å²) in [6.45, 7) is 0. The van der Waals surface area contributed by atoms with E-state index in [1.165, 1.54) is 6.08 Å². The van der Waals surface area contributed by atoms with Crippen molar-refractivity contribution in [2.45, 2.75) is 0 Å². The zero-order valence-electron chi connectivity index (χ0n) is 6.53. The Morgan fingerprint density at radius 3 is 2.58 bits per heavy atom. The summed E-state index contributed by atoms with van der Waals surface area (Å²) in [7, 11) is 0. The molecule has 0 spiro atoms. The molecule has 0 aliphatic carbocycles. The van der Waals surface area contributed by atoms with Gasteiger partial charge in [-0.2, -0.15) is 0 Å². The van der Waals surface area contributed by atoms with Gasteiger partial charge in [-0.1, -0.05) is 36.4 Å². The molecule has 0 fully saturated rings. The highest BCUT2D eigenvalue weighted by molar-refractivity contribution is 6.06. The Balaban J connectivity index is 2.72. The van der Waals surface area contributed by atoms with E-state index in [0.29, 0.717) is 0 Å². The van der Waals surface area contributed by atoms with Crippen molar-refractivity contribution >= 4 is 11.9 Å². The molecule has 58 valence electrons. The minimum Gasteiger partial charge on any atom is -0.280 e. The zero-order valence-corrected chi connectivity index (χ0v) is 6.53.